The quantitative estimate of drug-likeness (QED) is 0.830. The molecule has 0 aromatic heterocycles. The lowest BCUT2D eigenvalue weighted by Crippen LogP contribution is -2.65. The van der Waals surface area contributed by atoms with Gasteiger partial charge in [0.1, 0.15) is 5.54 Å². The van der Waals surface area contributed by atoms with Crippen molar-refractivity contribution in [3.8, 4) is 0 Å². The van der Waals surface area contributed by atoms with Crippen molar-refractivity contribution in [1.82, 2.24) is 10.2 Å². The van der Waals surface area contributed by atoms with E-state index in [-0.39, 0.29) is 24.5 Å². The molecule has 0 aromatic carbocycles. The van der Waals surface area contributed by atoms with E-state index in [4.69, 9.17) is 4.74 Å². The molecular weight excluding hydrogens is 244 g/mol. The lowest BCUT2D eigenvalue weighted by Gasteiger charge is -2.39. The van der Waals surface area contributed by atoms with Gasteiger partial charge in [0.05, 0.1) is 12.6 Å². The van der Waals surface area contributed by atoms with E-state index in [1.807, 2.05) is 6.92 Å². The third-order valence-electron chi connectivity index (χ3n) is 4.21. The molecule has 5 heteroatoms. The molecule has 0 bridgehead atoms. The summed E-state index contributed by atoms with van der Waals surface area (Å²) < 4.78 is 5.67. The van der Waals surface area contributed by atoms with Crippen molar-refractivity contribution in [3.05, 3.63) is 0 Å². The van der Waals surface area contributed by atoms with E-state index in [1.54, 1.807) is 11.8 Å². The Morgan fingerprint density at radius 1 is 1.42 bits per heavy atom. The SMILES string of the molecule is CCC1(C)NC(=O)CN(CCC2CCCCO2)C1=O. The van der Waals surface area contributed by atoms with Gasteiger partial charge in [-0.1, -0.05) is 6.92 Å². The largest absolute Gasteiger partial charge is 0.378 e. The Morgan fingerprint density at radius 3 is 2.84 bits per heavy atom. The minimum atomic E-state index is -0.733. The van der Waals surface area contributed by atoms with E-state index in [2.05, 4.69) is 5.32 Å². The summed E-state index contributed by atoms with van der Waals surface area (Å²) in [5.41, 5.74) is -0.733. The molecular formula is C14H24N2O3. The molecule has 0 spiro atoms. The number of nitrogens with zero attached hydrogens (tertiary/aromatic N) is 1. The molecule has 1 N–H and O–H groups in total. The fourth-order valence-electron chi connectivity index (χ4n) is 2.75. The van der Waals surface area contributed by atoms with Crippen LogP contribution in [0.5, 0.6) is 0 Å². The number of amides is 2. The molecule has 2 rings (SSSR count). The van der Waals surface area contributed by atoms with E-state index in [1.165, 1.54) is 6.42 Å². The number of ether oxygens (including phenoxy) is 1. The monoisotopic (exact) mass is 268 g/mol. The van der Waals surface area contributed by atoms with Gasteiger partial charge in [-0.3, -0.25) is 9.59 Å². The Hall–Kier alpha value is -1.10. The molecule has 2 amide bonds. The molecule has 0 aliphatic carbocycles. The van der Waals surface area contributed by atoms with E-state index >= 15 is 0 Å². The number of carbonyl (C=O) groups excluding carboxylic acids is 2. The molecule has 2 aliphatic heterocycles. The number of hydrogen-bond donors (Lipinski definition) is 1. The molecule has 2 atom stereocenters. The summed E-state index contributed by atoms with van der Waals surface area (Å²) >= 11 is 0. The van der Waals surface area contributed by atoms with E-state index in [9.17, 15) is 9.59 Å². The lowest BCUT2D eigenvalue weighted by molar-refractivity contribution is -0.149. The summed E-state index contributed by atoms with van der Waals surface area (Å²) in [4.78, 5) is 25.8. The van der Waals surface area contributed by atoms with Crippen LogP contribution in [0.1, 0.15) is 46.0 Å². The zero-order chi connectivity index (χ0) is 13.9. The minimum Gasteiger partial charge on any atom is -0.378 e. The summed E-state index contributed by atoms with van der Waals surface area (Å²) in [5, 5.41) is 2.80. The number of carbonyl (C=O) groups is 2. The molecule has 2 heterocycles. The highest BCUT2D eigenvalue weighted by Crippen LogP contribution is 2.20. The molecule has 2 unspecified atom stereocenters. The first kappa shape index (κ1) is 14.3. The van der Waals surface area contributed by atoms with Crippen molar-refractivity contribution in [3.63, 3.8) is 0 Å². The Bertz CT molecular complexity index is 353. The van der Waals surface area contributed by atoms with Gasteiger partial charge in [0.25, 0.3) is 0 Å². The number of hydrogen-bond acceptors (Lipinski definition) is 3. The Balaban J connectivity index is 1.91. The van der Waals surface area contributed by atoms with E-state index < -0.39 is 5.54 Å². The second-order valence-electron chi connectivity index (χ2n) is 5.74. The van der Waals surface area contributed by atoms with Crippen molar-refractivity contribution < 1.29 is 14.3 Å². The fourth-order valence-corrected chi connectivity index (χ4v) is 2.75. The smallest absolute Gasteiger partial charge is 0.248 e. The zero-order valence-corrected chi connectivity index (χ0v) is 11.9. The minimum absolute atomic E-state index is 0.0328. The summed E-state index contributed by atoms with van der Waals surface area (Å²) in [6, 6.07) is 0. The van der Waals surface area contributed by atoms with Gasteiger partial charge in [0.2, 0.25) is 11.8 Å². The van der Waals surface area contributed by atoms with Crippen molar-refractivity contribution in [2.24, 2.45) is 0 Å². The predicted molar refractivity (Wildman–Crippen MR) is 71.6 cm³/mol. The average Bonchev–Trinajstić information content (AvgIpc) is 2.42. The van der Waals surface area contributed by atoms with Crippen molar-refractivity contribution in [1.29, 1.82) is 0 Å². The molecule has 2 fully saturated rings. The first-order valence-electron chi connectivity index (χ1n) is 7.27. The molecule has 0 radical (unpaired) electrons. The Labute approximate surface area is 114 Å². The van der Waals surface area contributed by atoms with E-state index in [0.717, 1.165) is 25.9 Å². The fraction of sp³-hybridized carbons (Fsp3) is 0.857. The maximum absolute atomic E-state index is 12.4. The maximum Gasteiger partial charge on any atom is 0.248 e. The summed E-state index contributed by atoms with van der Waals surface area (Å²) in [6.07, 6.45) is 5.10. The van der Waals surface area contributed by atoms with Crippen LogP contribution in [-0.2, 0) is 14.3 Å². The third kappa shape index (κ3) is 3.26. The molecule has 5 nitrogen and oxygen atoms in total. The van der Waals surface area contributed by atoms with Crippen LogP contribution in [0.4, 0.5) is 0 Å². The Morgan fingerprint density at radius 2 is 2.21 bits per heavy atom. The highest BCUT2D eigenvalue weighted by molar-refractivity contribution is 5.97. The molecule has 0 aromatic rings. The zero-order valence-electron chi connectivity index (χ0n) is 11.9. The van der Waals surface area contributed by atoms with Gasteiger partial charge < -0.3 is 15.0 Å². The topological polar surface area (TPSA) is 58.6 Å². The normalized spacial score (nSPS) is 32.3. The first-order valence-corrected chi connectivity index (χ1v) is 7.27. The standard InChI is InChI=1S/C14H24N2O3/c1-3-14(2)13(18)16(10-12(17)15-14)8-7-11-6-4-5-9-19-11/h11H,3-10H2,1-2H3,(H,15,17). The molecule has 2 aliphatic rings. The van der Waals surface area contributed by atoms with Crippen LogP contribution < -0.4 is 5.32 Å². The molecule has 19 heavy (non-hydrogen) atoms. The first-order chi connectivity index (χ1) is 9.05. The lowest BCUT2D eigenvalue weighted by atomic mass is 9.94. The van der Waals surface area contributed by atoms with E-state index in [0.29, 0.717) is 13.0 Å². The van der Waals surface area contributed by atoms with Gasteiger partial charge in [-0.25, -0.2) is 0 Å². The molecule has 2 saturated heterocycles. The van der Waals surface area contributed by atoms with Crippen LogP contribution in [0.25, 0.3) is 0 Å². The van der Waals surface area contributed by atoms with Crippen LogP contribution in [-0.4, -0.2) is 48.1 Å². The summed E-state index contributed by atoms with van der Waals surface area (Å²) in [6.45, 7) is 5.35. The van der Waals surface area contributed by atoms with Gasteiger partial charge in [-0.05, 0) is 39.0 Å². The maximum atomic E-state index is 12.4. The van der Waals surface area contributed by atoms with Gasteiger partial charge in [0.15, 0.2) is 0 Å². The molecule has 0 saturated carbocycles. The van der Waals surface area contributed by atoms with Gasteiger partial charge >= 0.3 is 0 Å². The van der Waals surface area contributed by atoms with Crippen LogP contribution in [0.2, 0.25) is 0 Å². The van der Waals surface area contributed by atoms with Crippen LogP contribution >= 0.6 is 0 Å². The van der Waals surface area contributed by atoms with Gasteiger partial charge in [0, 0.05) is 13.2 Å². The molecule has 108 valence electrons. The second-order valence-corrected chi connectivity index (χ2v) is 5.74. The third-order valence-corrected chi connectivity index (χ3v) is 4.21. The second kappa shape index (κ2) is 5.90. The number of piperazine rings is 1. The van der Waals surface area contributed by atoms with Crippen molar-refractivity contribution in [2.75, 3.05) is 19.7 Å². The van der Waals surface area contributed by atoms with Gasteiger partial charge in [-0.2, -0.15) is 0 Å². The highest BCUT2D eigenvalue weighted by atomic mass is 16.5. The van der Waals surface area contributed by atoms with Crippen molar-refractivity contribution in [2.45, 2.75) is 57.6 Å². The highest BCUT2D eigenvalue weighted by Gasteiger charge is 2.41. The van der Waals surface area contributed by atoms with Crippen LogP contribution in [0, 0.1) is 0 Å². The van der Waals surface area contributed by atoms with Crippen LogP contribution in [0.15, 0.2) is 0 Å². The predicted octanol–water partition coefficient (Wildman–Crippen LogP) is 1.07. The number of nitrogens with one attached hydrogen (secondary N) is 1. The summed E-state index contributed by atoms with van der Waals surface area (Å²) in [5.74, 6) is -0.0288. The van der Waals surface area contributed by atoms with Crippen molar-refractivity contribution >= 4 is 11.8 Å². The summed E-state index contributed by atoms with van der Waals surface area (Å²) in [7, 11) is 0. The van der Waals surface area contributed by atoms with Crippen LogP contribution in [0.3, 0.4) is 0 Å². The number of rotatable bonds is 4. The Kier molecular flexibility index (Phi) is 4.45. The average molecular weight is 268 g/mol. The van der Waals surface area contributed by atoms with Gasteiger partial charge in [-0.15, -0.1) is 0 Å².